The van der Waals surface area contributed by atoms with Gasteiger partial charge >= 0.3 is 0 Å². The van der Waals surface area contributed by atoms with Crippen LogP contribution in [0.5, 0.6) is 17.2 Å². The lowest BCUT2D eigenvalue weighted by molar-refractivity contribution is 0.0975. The molecule has 0 bridgehead atoms. The fourth-order valence-electron chi connectivity index (χ4n) is 3.18. The van der Waals surface area contributed by atoms with E-state index in [1.807, 2.05) is 24.3 Å². The monoisotopic (exact) mass is 397 g/mol. The van der Waals surface area contributed by atoms with Crippen molar-refractivity contribution in [2.24, 2.45) is 4.99 Å². The first kappa shape index (κ1) is 19.1. The predicted octanol–water partition coefficient (Wildman–Crippen LogP) is 2.80. The van der Waals surface area contributed by atoms with Crippen LogP contribution >= 0.6 is 0 Å². The molecule has 8 nitrogen and oxygen atoms in total. The number of rotatable bonds is 5. The topological polar surface area (TPSA) is 90.4 Å². The van der Waals surface area contributed by atoms with Gasteiger partial charge in [-0.1, -0.05) is 12.1 Å². The van der Waals surface area contributed by atoms with Crippen molar-refractivity contribution in [1.82, 2.24) is 5.32 Å². The Hall–Kier alpha value is -3.26. The highest BCUT2D eigenvalue weighted by Crippen LogP contribution is 2.32. The maximum atomic E-state index is 12.8. The Kier molecular flexibility index (Phi) is 5.81. The Morgan fingerprint density at radius 1 is 1.21 bits per heavy atom. The summed E-state index contributed by atoms with van der Waals surface area (Å²) in [6.45, 7) is 1.36. The Morgan fingerprint density at radius 2 is 2.07 bits per heavy atom. The highest BCUT2D eigenvalue weighted by molar-refractivity contribution is 6.10. The lowest BCUT2D eigenvalue weighted by Crippen LogP contribution is -2.36. The third-order valence-corrected chi connectivity index (χ3v) is 4.70. The highest BCUT2D eigenvalue weighted by atomic mass is 16.7. The lowest BCUT2D eigenvalue weighted by atomic mass is 10.2. The fourth-order valence-corrected chi connectivity index (χ4v) is 3.18. The zero-order valence-electron chi connectivity index (χ0n) is 16.1. The van der Waals surface area contributed by atoms with Crippen LogP contribution in [0.2, 0.25) is 0 Å². The van der Waals surface area contributed by atoms with E-state index in [4.69, 9.17) is 18.9 Å². The summed E-state index contributed by atoms with van der Waals surface area (Å²) in [6, 6.07) is 12.5. The van der Waals surface area contributed by atoms with Gasteiger partial charge in [-0.25, -0.2) is 4.99 Å². The van der Waals surface area contributed by atoms with E-state index in [-0.39, 0.29) is 18.8 Å². The van der Waals surface area contributed by atoms with Crippen molar-refractivity contribution >= 4 is 17.6 Å². The summed E-state index contributed by atoms with van der Waals surface area (Å²) in [5, 5.41) is 6.00. The number of benzene rings is 2. The fraction of sp³-hybridized carbons (Fsp3) is 0.333. The summed E-state index contributed by atoms with van der Waals surface area (Å²) in [7, 11) is 1.59. The number of carbonyl (C=O) groups is 1. The van der Waals surface area contributed by atoms with E-state index in [0.717, 1.165) is 19.4 Å². The molecule has 152 valence electrons. The van der Waals surface area contributed by atoms with Gasteiger partial charge in [-0.15, -0.1) is 0 Å². The Morgan fingerprint density at radius 3 is 2.90 bits per heavy atom. The maximum absolute atomic E-state index is 12.8. The van der Waals surface area contributed by atoms with E-state index >= 15 is 0 Å². The molecule has 0 radical (unpaired) electrons. The number of nitrogens with one attached hydrogen (secondary N) is 2. The minimum atomic E-state index is -0.309. The first-order chi connectivity index (χ1) is 14.2. The van der Waals surface area contributed by atoms with E-state index in [2.05, 4.69) is 15.6 Å². The van der Waals surface area contributed by atoms with Crippen LogP contribution in [0.15, 0.2) is 47.5 Å². The van der Waals surface area contributed by atoms with Crippen LogP contribution < -0.4 is 24.8 Å². The maximum Gasteiger partial charge on any atom is 0.258 e. The van der Waals surface area contributed by atoms with Crippen LogP contribution in [0, 0.1) is 0 Å². The van der Waals surface area contributed by atoms with Gasteiger partial charge in [0.2, 0.25) is 12.8 Å². The zero-order chi connectivity index (χ0) is 20.1. The largest absolute Gasteiger partial charge is 0.495 e. The van der Waals surface area contributed by atoms with E-state index in [1.165, 1.54) is 0 Å². The van der Waals surface area contributed by atoms with Gasteiger partial charge in [0.15, 0.2) is 11.5 Å². The van der Waals surface area contributed by atoms with Crippen molar-refractivity contribution in [3.63, 3.8) is 0 Å². The molecule has 1 amide bonds. The molecule has 4 rings (SSSR count). The molecule has 0 spiro atoms. The molecule has 1 saturated heterocycles. The van der Waals surface area contributed by atoms with Gasteiger partial charge in [0, 0.05) is 12.2 Å². The third-order valence-electron chi connectivity index (χ3n) is 4.70. The molecule has 0 unspecified atom stereocenters. The average Bonchev–Trinajstić information content (AvgIpc) is 3.43. The van der Waals surface area contributed by atoms with E-state index < -0.39 is 0 Å². The van der Waals surface area contributed by atoms with Crippen molar-refractivity contribution < 1.29 is 23.7 Å². The molecule has 0 aromatic heterocycles. The number of amides is 1. The third kappa shape index (κ3) is 4.60. The molecule has 2 aliphatic rings. The molecule has 29 heavy (non-hydrogen) atoms. The first-order valence-corrected chi connectivity index (χ1v) is 9.50. The number of ether oxygens (including phenoxy) is 4. The summed E-state index contributed by atoms with van der Waals surface area (Å²) < 4.78 is 21.7. The van der Waals surface area contributed by atoms with Crippen molar-refractivity contribution in [2.45, 2.75) is 18.9 Å². The quantitative estimate of drug-likeness (QED) is 0.596. The van der Waals surface area contributed by atoms with Gasteiger partial charge in [0.05, 0.1) is 25.4 Å². The van der Waals surface area contributed by atoms with E-state index in [9.17, 15) is 4.79 Å². The number of fused-ring (bicyclic) bond motifs is 1. The van der Waals surface area contributed by atoms with Crippen molar-refractivity contribution in [2.75, 3.05) is 32.4 Å². The van der Waals surface area contributed by atoms with Crippen molar-refractivity contribution in [3.05, 3.63) is 48.0 Å². The molecule has 2 aromatic rings. The molecule has 2 N–H and O–H groups in total. The molecule has 8 heteroatoms. The van der Waals surface area contributed by atoms with Gasteiger partial charge < -0.3 is 24.3 Å². The molecular weight excluding hydrogens is 374 g/mol. The van der Waals surface area contributed by atoms with Crippen LogP contribution in [0.1, 0.15) is 23.2 Å². The second-order valence-electron chi connectivity index (χ2n) is 6.67. The molecule has 1 atom stereocenters. The molecule has 2 heterocycles. The molecule has 1 fully saturated rings. The van der Waals surface area contributed by atoms with Gasteiger partial charge in [-0.3, -0.25) is 10.1 Å². The van der Waals surface area contributed by atoms with Gasteiger partial charge in [-0.05, 0) is 43.2 Å². The van der Waals surface area contributed by atoms with E-state index in [0.29, 0.717) is 41.0 Å². The zero-order valence-corrected chi connectivity index (χ0v) is 16.1. The minimum absolute atomic E-state index is 0.0620. The number of hydrogen-bond donors (Lipinski definition) is 2. The smallest absolute Gasteiger partial charge is 0.258 e. The van der Waals surface area contributed by atoms with Crippen LogP contribution in [-0.2, 0) is 4.74 Å². The summed E-state index contributed by atoms with van der Waals surface area (Å²) in [4.78, 5) is 17.4. The first-order valence-electron chi connectivity index (χ1n) is 9.50. The molecule has 2 aliphatic heterocycles. The Bertz CT molecular complexity index is 909. The predicted molar refractivity (Wildman–Crippen MR) is 108 cm³/mol. The van der Waals surface area contributed by atoms with Gasteiger partial charge in [0.25, 0.3) is 5.91 Å². The van der Waals surface area contributed by atoms with Crippen molar-refractivity contribution in [1.29, 1.82) is 0 Å². The standard InChI is InChI=1S/C21H23N3O5/c1-26-17-7-3-2-6-16(17)23-21(22-12-15-5-4-10-27-15)24-20(25)14-8-9-18-19(11-14)29-13-28-18/h2-3,6-9,11,15H,4-5,10,12-13H2,1H3,(H2,22,23,24,25)/t15-/m1/s1. The summed E-state index contributed by atoms with van der Waals surface area (Å²) in [5.74, 6) is 1.84. The molecular formula is C21H23N3O5. The van der Waals surface area contributed by atoms with Gasteiger partial charge in [-0.2, -0.15) is 0 Å². The van der Waals surface area contributed by atoms with E-state index in [1.54, 1.807) is 25.3 Å². The number of para-hydroxylation sites is 2. The average molecular weight is 397 g/mol. The lowest BCUT2D eigenvalue weighted by Gasteiger charge is -2.15. The number of nitrogens with zero attached hydrogens (tertiary/aromatic N) is 1. The van der Waals surface area contributed by atoms with Crippen molar-refractivity contribution in [3.8, 4) is 17.2 Å². The number of anilines is 1. The minimum Gasteiger partial charge on any atom is -0.495 e. The summed E-state index contributed by atoms with van der Waals surface area (Å²) in [5.41, 5.74) is 1.15. The molecule has 0 aliphatic carbocycles. The normalized spacial score (nSPS) is 17.8. The second-order valence-corrected chi connectivity index (χ2v) is 6.67. The number of guanidine groups is 1. The van der Waals surface area contributed by atoms with Crippen LogP contribution in [0.4, 0.5) is 5.69 Å². The SMILES string of the molecule is COc1ccccc1NC(=NC[C@H]1CCCO1)NC(=O)c1ccc2c(c1)OCO2. The number of hydrogen-bond acceptors (Lipinski definition) is 6. The molecule has 2 aromatic carbocycles. The Balaban J connectivity index is 1.52. The summed E-state index contributed by atoms with van der Waals surface area (Å²) >= 11 is 0. The molecule has 0 saturated carbocycles. The van der Waals surface area contributed by atoms with Gasteiger partial charge in [0.1, 0.15) is 5.75 Å². The van der Waals surface area contributed by atoms with Crippen LogP contribution in [0.25, 0.3) is 0 Å². The van der Waals surface area contributed by atoms with Crippen LogP contribution in [0.3, 0.4) is 0 Å². The highest BCUT2D eigenvalue weighted by Gasteiger charge is 2.19. The Labute approximate surface area is 168 Å². The number of aliphatic imine (C=N–C) groups is 1. The summed E-state index contributed by atoms with van der Waals surface area (Å²) in [6.07, 6.45) is 2.05. The second kappa shape index (κ2) is 8.83. The van der Waals surface area contributed by atoms with Crippen LogP contribution in [-0.4, -0.2) is 45.0 Å². The number of carbonyl (C=O) groups excluding carboxylic acids is 1. The number of methoxy groups -OCH3 is 1.